The molecule has 4 atom stereocenters. The summed E-state index contributed by atoms with van der Waals surface area (Å²) in [4.78, 5) is 24.4. The monoisotopic (exact) mass is 413 g/mol. The van der Waals surface area contributed by atoms with E-state index in [0.29, 0.717) is 17.1 Å². The SMILES string of the molecule is COc1ccc(NC(=O)N[C@H]2CO[C@H]3[C@@H]2OC[C@H]3OC(=O)Nc2ccccc2)cc1. The molecule has 3 N–H and O–H groups in total. The first-order valence-corrected chi connectivity index (χ1v) is 9.60. The first-order valence-electron chi connectivity index (χ1n) is 9.60. The Kier molecular flexibility index (Phi) is 6.01. The predicted octanol–water partition coefficient (Wildman–Crippen LogP) is 2.60. The number of nitrogens with one attached hydrogen (secondary N) is 3. The first kappa shape index (κ1) is 20.0. The molecule has 0 aromatic heterocycles. The lowest BCUT2D eigenvalue weighted by molar-refractivity contribution is 0.00874. The molecule has 4 rings (SSSR count). The topological polar surface area (TPSA) is 107 Å². The Bertz CT molecular complexity index is 876. The number of ether oxygens (including phenoxy) is 4. The first-order chi connectivity index (χ1) is 14.6. The third-order valence-electron chi connectivity index (χ3n) is 4.95. The van der Waals surface area contributed by atoms with Crippen LogP contribution in [0.3, 0.4) is 0 Å². The van der Waals surface area contributed by atoms with Crippen LogP contribution in [0.4, 0.5) is 21.0 Å². The van der Waals surface area contributed by atoms with E-state index in [0.717, 1.165) is 0 Å². The van der Waals surface area contributed by atoms with Crippen molar-refractivity contribution in [3.63, 3.8) is 0 Å². The standard InChI is InChI=1S/C21H23N3O6/c1-27-15-9-7-14(8-10-15)22-20(25)24-16-11-28-19-17(12-29-18(16)19)30-21(26)23-13-5-3-2-4-6-13/h2-10,16-19H,11-12H2,1H3,(H,23,26)(H2,22,24,25)/t16-,17+,18+,19+/m0/s1. The van der Waals surface area contributed by atoms with Gasteiger partial charge in [0.05, 0.1) is 26.4 Å². The molecule has 0 bridgehead atoms. The number of anilines is 2. The van der Waals surface area contributed by atoms with Crippen LogP contribution in [-0.4, -0.2) is 56.8 Å². The maximum atomic E-state index is 12.3. The number of methoxy groups -OCH3 is 1. The second-order valence-electron chi connectivity index (χ2n) is 6.96. The number of hydrogen-bond donors (Lipinski definition) is 3. The molecular formula is C21H23N3O6. The van der Waals surface area contributed by atoms with Gasteiger partial charge in [-0.1, -0.05) is 18.2 Å². The molecule has 2 saturated heterocycles. The molecule has 2 aromatic rings. The molecule has 0 saturated carbocycles. The predicted molar refractivity (Wildman–Crippen MR) is 109 cm³/mol. The van der Waals surface area contributed by atoms with Crippen molar-refractivity contribution in [2.75, 3.05) is 31.0 Å². The molecule has 2 fully saturated rings. The number of fused-ring (bicyclic) bond motifs is 1. The minimum Gasteiger partial charge on any atom is -0.497 e. The average Bonchev–Trinajstić information content (AvgIpc) is 3.33. The molecule has 2 aliphatic rings. The van der Waals surface area contributed by atoms with Crippen molar-refractivity contribution in [2.45, 2.75) is 24.4 Å². The average molecular weight is 413 g/mol. The van der Waals surface area contributed by atoms with Crippen LogP contribution < -0.4 is 20.7 Å². The van der Waals surface area contributed by atoms with Gasteiger partial charge in [-0.15, -0.1) is 0 Å². The fourth-order valence-corrected chi connectivity index (χ4v) is 3.51. The summed E-state index contributed by atoms with van der Waals surface area (Å²) in [5.74, 6) is 0.703. The fourth-order valence-electron chi connectivity index (χ4n) is 3.51. The summed E-state index contributed by atoms with van der Waals surface area (Å²) in [6, 6.07) is 15.3. The fraction of sp³-hybridized carbons (Fsp3) is 0.333. The molecule has 0 aliphatic carbocycles. The third kappa shape index (κ3) is 4.64. The molecule has 0 spiro atoms. The van der Waals surface area contributed by atoms with Gasteiger partial charge in [-0.05, 0) is 36.4 Å². The maximum Gasteiger partial charge on any atom is 0.412 e. The van der Waals surface area contributed by atoms with Crippen LogP contribution in [0.2, 0.25) is 0 Å². The number of hydrogen-bond acceptors (Lipinski definition) is 6. The van der Waals surface area contributed by atoms with Gasteiger partial charge in [-0.3, -0.25) is 5.32 Å². The number of para-hydroxylation sites is 1. The molecular weight excluding hydrogens is 390 g/mol. The minimum atomic E-state index is -0.576. The summed E-state index contributed by atoms with van der Waals surface area (Å²) in [6.07, 6.45) is -1.94. The summed E-state index contributed by atoms with van der Waals surface area (Å²) < 4.78 is 22.0. The number of carbonyl (C=O) groups excluding carboxylic acids is 2. The van der Waals surface area contributed by atoms with Crippen molar-refractivity contribution in [1.29, 1.82) is 0 Å². The molecule has 0 unspecified atom stereocenters. The Morgan fingerprint density at radius 2 is 1.60 bits per heavy atom. The van der Waals surface area contributed by atoms with E-state index < -0.39 is 18.3 Å². The van der Waals surface area contributed by atoms with Gasteiger partial charge in [-0.25, -0.2) is 9.59 Å². The van der Waals surface area contributed by atoms with Crippen molar-refractivity contribution in [3.8, 4) is 5.75 Å². The zero-order valence-electron chi connectivity index (χ0n) is 16.4. The highest BCUT2D eigenvalue weighted by atomic mass is 16.6. The van der Waals surface area contributed by atoms with Crippen molar-refractivity contribution in [3.05, 3.63) is 54.6 Å². The van der Waals surface area contributed by atoms with Crippen LogP contribution >= 0.6 is 0 Å². The smallest absolute Gasteiger partial charge is 0.412 e. The molecule has 0 radical (unpaired) electrons. The summed E-state index contributed by atoms with van der Waals surface area (Å²) in [7, 11) is 1.58. The van der Waals surface area contributed by atoms with Crippen molar-refractivity contribution >= 4 is 23.5 Å². The van der Waals surface area contributed by atoms with E-state index in [-0.39, 0.29) is 31.4 Å². The van der Waals surface area contributed by atoms with E-state index in [9.17, 15) is 9.59 Å². The van der Waals surface area contributed by atoms with Gasteiger partial charge in [0.1, 0.15) is 18.0 Å². The maximum absolute atomic E-state index is 12.3. The summed E-state index contributed by atoms with van der Waals surface area (Å²) >= 11 is 0. The molecule has 158 valence electrons. The summed E-state index contributed by atoms with van der Waals surface area (Å²) in [6.45, 7) is 0.474. The van der Waals surface area contributed by atoms with Crippen LogP contribution in [0, 0.1) is 0 Å². The molecule has 3 amide bonds. The zero-order chi connectivity index (χ0) is 20.9. The summed E-state index contributed by atoms with van der Waals surface area (Å²) in [5, 5.41) is 8.28. The normalized spacial score (nSPS) is 24.6. The van der Waals surface area contributed by atoms with Gasteiger partial charge >= 0.3 is 12.1 Å². The van der Waals surface area contributed by atoms with E-state index in [2.05, 4.69) is 16.0 Å². The minimum absolute atomic E-state index is 0.204. The number of carbonyl (C=O) groups is 2. The highest BCUT2D eigenvalue weighted by Crippen LogP contribution is 2.29. The third-order valence-corrected chi connectivity index (χ3v) is 4.95. The number of rotatable bonds is 5. The van der Waals surface area contributed by atoms with Crippen molar-refractivity contribution in [2.24, 2.45) is 0 Å². The van der Waals surface area contributed by atoms with Gasteiger partial charge < -0.3 is 29.6 Å². The van der Waals surface area contributed by atoms with E-state index in [4.69, 9.17) is 18.9 Å². The van der Waals surface area contributed by atoms with Gasteiger partial charge in [0.2, 0.25) is 0 Å². The molecule has 9 heteroatoms. The lowest BCUT2D eigenvalue weighted by Gasteiger charge is -2.18. The molecule has 2 aromatic carbocycles. The van der Waals surface area contributed by atoms with Crippen LogP contribution in [-0.2, 0) is 14.2 Å². The second kappa shape index (κ2) is 9.02. The van der Waals surface area contributed by atoms with Crippen molar-refractivity contribution < 1.29 is 28.5 Å². The Labute approximate surface area is 173 Å². The second-order valence-corrected chi connectivity index (χ2v) is 6.96. The summed E-state index contributed by atoms with van der Waals surface area (Å²) in [5.41, 5.74) is 1.27. The van der Waals surface area contributed by atoms with Crippen LogP contribution in [0.5, 0.6) is 5.75 Å². The largest absolute Gasteiger partial charge is 0.497 e. The van der Waals surface area contributed by atoms with Gasteiger partial charge in [0.25, 0.3) is 0 Å². The Hall–Kier alpha value is -3.30. The van der Waals surface area contributed by atoms with E-state index in [1.54, 1.807) is 43.5 Å². The van der Waals surface area contributed by atoms with Gasteiger partial charge in [0.15, 0.2) is 6.10 Å². The lowest BCUT2D eigenvalue weighted by atomic mass is 10.1. The van der Waals surface area contributed by atoms with E-state index in [1.165, 1.54) is 0 Å². The van der Waals surface area contributed by atoms with Crippen LogP contribution in [0.25, 0.3) is 0 Å². The number of amides is 3. The lowest BCUT2D eigenvalue weighted by Crippen LogP contribution is -2.46. The Balaban J connectivity index is 1.27. The Morgan fingerprint density at radius 3 is 2.33 bits per heavy atom. The van der Waals surface area contributed by atoms with Gasteiger partial charge in [0, 0.05) is 11.4 Å². The Morgan fingerprint density at radius 1 is 0.900 bits per heavy atom. The van der Waals surface area contributed by atoms with Gasteiger partial charge in [-0.2, -0.15) is 0 Å². The molecule has 2 heterocycles. The van der Waals surface area contributed by atoms with Crippen molar-refractivity contribution in [1.82, 2.24) is 5.32 Å². The molecule has 2 aliphatic heterocycles. The van der Waals surface area contributed by atoms with E-state index >= 15 is 0 Å². The quantitative estimate of drug-likeness (QED) is 0.696. The number of benzene rings is 2. The molecule has 9 nitrogen and oxygen atoms in total. The van der Waals surface area contributed by atoms with Crippen LogP contribution in [0.15, 0.2) is 54.6 Å². The zero-order valence-corrected chi connectivity index (χ0v) is 16.4. The highest BCUT2D eigenvalue weighted by molar-refractivity contribution is 5.89. The van der Waals surface area contributed by atoms with Crippen LogP contribution in [0.1, 0.15) is 0 Å². The van der Waals surface area contributed by atoms with E-state index in [1.807, 2.05) is 18.2 Å². The number of urea groups is 1. The molecule has 30 heavy (non-hydrogen) atoms. The highest BCUT2D eigenvalue weighted by Gasteiger charge is 2.50.